The monoisotopic (exact) mass is 371 g/mol. The van der Waals surface area contributed by atoms with Gasteiger partial charge in [0.05, 0.1) is 11.8 Å². The smallest absolute Gasteiger partial charge is 0.242 e. The molecule has 0 bridgehead atoms. The summed E-state index contributed by atoms with van der Waals surface area (Å²) in [5.74, 6) is -1.50. The lowest BCUT2D eigenvalue weighted by molar-refractivity contribution is -0.146. The summed E-state index contributed by atoms with van der Waals surface area (Å²) < 4.78 is 13.1. The Hall–Kier alpha value is -2.70. The van der Waals surface area contributed by atoms with Crippen LogP contribution in [0.25, 0.3) is 0 Å². The summed E-state index contributed by atoms with van der Waals surface area (Å²) in [5, 5.41) is 0. The molecule has 2 atom stereocenters. The molecule has 2 fully saturated rings. The normalized spacial score (nSPS) is 25.1. The number of anilines is 1. The molecule has 7 heteroatoms. The third-order valence-electron chi connectivity index (χ3n) is 5.72. The molecule has 2 aliphatic heterocycles. The number of carbonyl (C=O) groups is 3. The number of likely N-dealkylation sites (tertiary alicyclic amines) is 1. The Labute approximate surface area is 157 Å². The SMILES string of the molecule is O=C(CN1C(=O)[C@H]2CC=CC[C@H]2C1=O)N1CCN(c2ccc(F)cc2)CC1. The summed E-state index contributed by atoms with van der Waals surface area (Å²) in [6.45, 7) is 2.13. The van der Waals surface area contributed by atoms with Crippen LogP contribution < -0.4 is 4.90 Å². The minimum absolute atomic E-state index is 0.165. The van der Waals surface area contributed by atoms with Gasteiger partial charge in [0.15, 0.2) is 0 Å². The molecule has 1 aromatic carbocycles. The summed E-state index contributed by atoms with van der Waals surface area (Å²) in [6, 6.07) is 6.30. The highest BCUT2D eigenvalue weighted by Crippen LogP contribution is 2.34. The number of piperazine rings is 1. The van der Waals surface area contributed by atoms with Crippen molar-refractivity contribution < 1.29 is 18.8 Å². The molecule has 0 spiro atoms. The van der Waals surface area contributed by atoms with Crippen LogP contribution in [0.15, 0.2) is 36.4 Å². The van der Waals surface area contributed by atoms with E-state index in [0.717, 1.165) is 10.6 Å². The second kappa shape index (κ2) is 7.13. The van der Waals surface area contributed by atoms with Crippen LogP contribution in [0.2, 0.25) is 0 Å². The van der Waals surface area contributed by atoms with Crippen molar-refractivity contribution >= 4 is 23.4 Å². The number of hydrogen-bond acceptors (Lipinski definition) is 4. The summed E-state index contributed by atoms with van der Waals surface area (Å²) >= 11 is 0. The Balaban J connectivity index is 1.34. The zero-order valence-corrected chi connectivity index (χ0v) is 15.0. The van der Waals surface area contributed by atoms with Gasteiger partial charge in [0.1, 0.15) is 12.4 Å². The van der Waals surface area contributed by atoms with E-state index in [9.17, 15) is 18.8 Å². The van der Waals surface area contributed by atoms with E-state index in [2.05, 4.69) is 4.90 Å². The van der Waals surface area contributed by atoms with Crippen LogP contribution >= 0.6 is 0 Å². The first-order chi connectivity index (χ1) is 13.0. The van der Waals surface area contributed by atoms with Gasteiger partial charge in [-0.2, -0.15) is 0 Å². The molecule has 3 amide bonds. The lowest BCUT2D eigenvalue weighted by Gasteiger charge is -2.36. The van der Waals surface area contributed by atoms with E-state index < -0.39 is 0 Å². The zero-order chi connectivity index (χ0) is 19.0. The van der Waals surface area contributed by atoms with Crippen LogP contribution in [0, 0.1) is 17.7 Å². The van der Waals surface area contributed by atoms with E-state index in [1.54, 1.807) is 17.0 Å². The molecule has 1 aliphatic carbocycles. The van der Waals surface area contributed by atoms with Crippen LogP contribution in [-0.4, -0.2) is 60.2 Å². The molecule has 0 N–H and O–H groups in total. The zero-order valence-electron chi connectivity index (χ0n) is 15.0. The van der Waals surface area contributed by atoms with Crippen molar-refractivity contribution in [3.8, 4) is 0 Å². The Morgan fingerprint density at radius 2 is 1.48 bits per heavy atom. The number of carbonyl (C=O) groups excluding carboxylic acids is 3. The molecule has 0 unspecified atom stereocenters. The maximum absolute atomic E-state index is 13.1. The number of benzene rings is 1. The van der Waals surface area contributed by atoms with Gasteiger partial charge in [0.2, 0.25) is 17.7 Å². The van der Waals surface area contributed by atoms with E-state index >= 15 is 0 Å². The molecule has 27 heavy (non-hydrogen) atoms. The first kappa shape index (κ1) is 17.7. The van der Waals surface area contributed by atoms with Gasteiger partial charge in [0, 0.05) is 31.9 Å². The molecule has 142 valence electrons. The van der Waals surface area contributed by atoms with E-state index in [-0.39, 0.29) is 41.9 Å². The van der Waals surface area contributed by atoms with E-state index in [0.29, 0.717) is 39.0 Å². The molecule has 0 radical (unpaired) electrons. The van der Waals surface area contributed by atoms with E-state index in [1.165, 1.54) is 12.1 Å². The van der Waals surface area contributed by atoms with Gasteiger partial charge in [0.25, 0.3) is 0 Å². The molecule has 6 nitrogen and oxygen atoms in total. The van der Waals surface area contributed by atoms with E-state index in [4.69, 9.17) is 0 Å². The predicted octanol–water partition coefficient (Wildman–Crippen LogP) is 1.43. The number of rotatable bonds is 3. The Kier molecular flexibility index (Phi) is 4.68. The third-order valence-corrected chi connectivity index (χ3v) is 5.72. The van der Waals surface area contributed by atoms with Crippen LogP contribution in [0.4, 0.5) is 10.1 Å². The second-order valence-corrected chi connectivity index (χ2v) is 7.26. The summed E-state index contributed by atoms with van der Waals surface area (Å²) in [7, 11) is 0. The largest absolute Gasteiger partial charge is 0.368 e. The maximum Gasteiger partial charge on any atom is 0.242 e. The van der Waals surface area contributed by atoms with Crippen molar-refractivity contribution in [2.75, 3.05) is 37.6 Å². The number of hydrogen-bond donors (Lipinski definition) is 0. The van der Waals surface area contributed by atoms with Gasteiger partial charge in [-0.25, -0.2) is 4.39 Å². The molecule has 2 heterocycles. The molecule has 4 rings (SSSR count). The number of halogens is 1. The second-order valence-electron chi connectivity index (χ2n) is 7.26. The van der Waals surface area contributed by atoms with Crippen molar-refractivity contribution in [2.45, 2.75) is 12.8 Å². The predicted molar refractivity (Wildman–Crippen MR) is 97.3 cm³/mol. The van der Waals surface area contributed by atoms with Gasteiger partial charge in [-0.1, -0.05) is 12.2 Å². The van der Waals surface area contributed by atoms with Crippen molar-refractivity contribution in [3.05, 3.63) is 42.2 Å². The number of allylic oxidation sites excluding steroid dienone is 2. The topological polar surface area (TPSA) is 60.9 Å². The highest BCUT2D eigenvalue weighted by Gasteiger charge is 2.47. The first-order valence-corrected chi connectivity index (χ1v) is 9.33. The fraction of sp³-hybridized carbons (Fsp3) is 0.450. The molecule has 2 saturated heterocycles. The van der Waals surface area contributed by atoms with Gasteiger partial charge in [-0.15, -0.1) is 0 Å². The quantitative estimate of drug-likeness (QED) is 0.596. The first-order valence-electron chi connectivity index (χ1n) is 9.33. The molecule has 3 aliphatic rings. The number of nitrogens with zero attached hydrogens (tertiary/aromatic N) is 3. The lowest BCUT2D eigenvalue weighted by Crippen LogP contribution is -2.52. The van der Waals surface area contributed by atoms with Crippen LogP contribution in [-0.2, 0) is 14.4 Å². The summed E-state index contributed by atoms with van der Waals surface area (Å²) in [5.41, 5.74) is 0.921. The highest BCUT2D eigenvalue weighted by molar-refractivity contribution is 6.07. The van der Waals surface area contributed by atoms with Crippen molar-refractivity contribution in [1.82, 2.24) is 9.80 Å². The molecule has 1 aromatic rings. The third kappa shape index (κ3) is 3.34. The average molecular weight is 371 g/mol. The fourth-order valence-corrected chi connectivity index (χ4v) is 4.13. The van der Waals surface area contributed by atoms with Crippen LogP contribution in [0.1, 0.15) is 12.8 Å². The molecule has 0 saturated carbocycles. The Morgan fingerprint density at radius 3 is 2.04 bits per heavy atom. The minimum atomic E-state index is -0.300. The van der Waals surface area contributed by atoms with Gasteiger partial charge in [-0.05, 0) is 37.1 Å². The Morgan fingerprint density at radius 1 is 0.926 bits per heavy atom. The van der Waals surface area contributed by atoms with Crippen molar-refractivity contribution in [2.24, 2.45) is 11.8 Å². The van der Waals surface area contributed by atoms with Gasteiger partial charge in [-0.3, -0.25) is 19.3 Å². The summed E-state index contributed by atoms with van der Waals surface area (Å²) in [4.78, 5) is 42.6. The number of fused-ring (bicyclic) bond motifs is 1. The molecule has 0 aromatic heterocycles. The van der Waals surface area contributed by atoms with Gasteiger partial charge < -0.3 is 9.80 Å². The van der Waals surface area contributed by atoms with Crippen molar-refractivity contribution in [3.63, 3.8) is 0 Å². The van der Waals surface area contributed by atoms with E-state index in [1.807, 2.05) is 12.2 Å². The lowest BCUT2D eigenvalue weighted by atomic mass is 9.85. The number of imide groups is 1. The standard InChI is InChI=1S/C20H22FN3O3/c21-14-5-7-15(8-6-14)22-9-11-23(12-10-22)18(25)13-24-19(26)16-3-1-2-4-17(16)20(24)27/h1-2,5-8,16-17H,3-4,9-13H2/t16-,17+. The molecular formula is C20H22FN3O3. The minimum Gasteiger partial charge on any atom is -0.368 e. The maximum atomic E-state index is 13.1. The van der Waals surface area contributed by atoms with Crippen LogP contribution in [0.3, 0.4) is 0 Å². The number of amides is 3. The Bertz CT molecular complexity index is 758. The average Bonchev–Trinajstić information content (AvgIpc) is 2.94. The molecular weight excluding hydrogens is 349 g/mol. The summed E-state index contributed by atoms with van der Waals surface area (Å²) in [6.07, 6.45) is 5.03. The fourth-order valence-electron chi connectivity index (χ4n) is 4.13. The van der Waals surface area contributed by atoms with Crippen molar-refractivity contribution in [1.29, 1.82) is 0 Å². The van der Waals surface area contributed by atoms with Gasteiger partial charge >= 0.3 is 0 Å². The highest BCUT2D eigenvalue weighted by atomic mass is 19.1. The van der Waals surface area contributed by atoms with Crippen LogP contribution in [0.5, 0.6) is 0 Å².